The van der Waals surface area contributed by atoms with Crippen LogP contribution in [0.5, 0.6) is 0 Å². The van der Waals surface area contributed by atoms with Crippen molar-refractivity contribution in [1.29, 1.82) is 0 Å². The highest BCUT2D eigenvalue weighted by Crippen LogP contribution is 2.25. The van der Waals surface area contributed by atoms with Gasteiger partial charge in [-0.2, -0.15) is 0 Å². The summed E-state index contributed by atoms with van der Waals surface area (Å²) in [5, 5.41) is 19.8. The number of hydrogen-bond donors (Lipinski definition) is 2. The molecular weight excluding hydrogens is 191 g/mol. The van der Waals surface area contributed by atoms with Crippen molar-refractivity contribution in [2.24, 2.45) is 5.73 Å². The van der Waals surface area contributed by atoms with E-state index in [1.165, 1.54) is 0 Å². The van der Waals surface area contributed by atoms with Crippen molar-refractivity contribution in [2.75, 3.05) is 6.54 Å². The van der Waals surface area contributed by atoms with E-state index in [1.807, 2.05) is 0 Å². The Morgan fingerprint density at radius 2 is 2.29 bits per heavy atom. The fourth-order valence-electron chi connectivity index (χ4n) is 1.09. The second kappa shape index (κ2) is 4.12. The summed E-state index contributed by atoms with van der Waals surface area (Å²) in [7, 11) is 0. The molecular formula is C8H9FN2O3. The van der Waals surface area contributed by atoms with Gasteiger partial charge in [0, 0.05) is 12.6 Å². The predicted molar refractivity (Wildman–Crippen MR) is 47.1 cm³/mol. The van der Waals surface area contributed by atoms with Crippen LogP contribution in [0, 0.1) is 15.9 Å². The van der Waals surface area contributed by atoms with Crippen LogP contribution in [0.15, 0.2) is 18.2 Å². The van der Waals surface area contributed by atoms with Crippen LogP contribution in [-0.4, -0.2) is 16.6 Å². The van der Waals surface area contributed by atoms with Gasteiger partial charge >= 0.3 is 0 Å². The van der Waals surface area contributed by atoms with Gasteiger partial charge in [-0.3, -0.25) is 10.1 Å². The Morgan fingerprint density at radius 1 is 1.64 bits per heavy atom. The molecule has 1 unspecified atom stereocenters. The van der Waals surface area contributed by atoms with Crippen molar-refractivity contribution in [3.05, 3.63) is 39.7 Å². The molecule has 14 heavy (non-hydrogen) atoms. The molecule has 0 heterocycles. The van der Waals surface area contributed by atoms with Crippen molar-refractivity contribution in [3.8, 4) is 0 Å². The van der Waals surface area contributed by atoms with Crippen molar-refractivity contribution < 1.29 is 14.4 Å². The zero-order valence-corrected chi connectivity index (χ0v) is 7.18. The van der Waals surface area contributed by atoms with E-state index in [2.05, 4.69) is 0 Å². The number of nitrogens with zero attached hydrogens (tertiary/aromatic N) is 1. The van der Waals surface area contributed by atoms with E-state index in [4.69, 9.17) is 5.73 Å². The molecule has 6 heteroatoms. The number of benzene rings is 1. The fourth-order valence-corrected chi connectivity index (χ4v) is 1.09. The minimum absolute atomic E-state index is 0.0995. The Morgan fingerprint density at radius 3 is 2.79 bits per heavy atom. The average molecular weight is 200 g/mol. The van der Waals surface area contributed by atoms with Crippen LogP contribution in [0.1, 0.15) is 11.7 Å². The monoisotopic (exact) mass is 200 g/mol. The molecule has 0 spiro atoms. The Hall–Kier alpha value is -1.53. The number of rotatable bonds is 3. The molecule has 0 saturated heterocycles. The summed E-state index contributed by atoms with van der Waals surface area (Å²) in [6.07, 6.45) is -1.22. The normalized spacial score (nSPS) is 12.5. The van der Waals surface area contributed by atoms with Crippen LogP contribution in [0.25, 0.3) is 0 Å². The van der Waals surface area contributed by atoms with Crippen LogP contribution in [0.2, 0.25) is 0 Å². The van der Waals surface area contributed by atoms with Gasteiger partial charge < -0.3 is 10.8 Å². The van der Waals surface area contributed by atoms with E-state index in [0.717, 1.165) is 18.2 Å². The summed E-state index contributed by atoms with van der Waals surface area (Å²) in [6, 6.07) is 2.88. The third-order valence-electron chi connectivity index (χ3n) is 1.77. The molecule has 0 aliphatic rings. The lowest BCUT2D eigenvalue weighted by atomic mass is 10.1. The molecule has 1 aromatic carbocycles. The van der Waals surface area contributed by atoms with E-state index in [-0.39, 0.29) is 17.8 Å². The Kier molecular flexibility index (Phi) is 3.10. The number of aliphatic hydroxyl groups excluding tert-OH is 1. The number of nitrogens with two attached hydrogens (primary N) is 1. The number of hydrogen-bond acceptors (Lipinski definition) is 4. The maximum Gasteiger partial charge on any atom is 0.275 e. The fraction of sp³-hybridized carbons (Fsp3) is 0.250. The molecule has 0 fully saturated rings. The maximum absolute atomic E-state index is 12.7. The molecule has 1 aromatic rings. The van der Waals surface area contributed by atoms with E-state index in [1.54, 1.807) is 0 Å². The third kappa shape index (κ3) is 2.04. The Labute approximate surface area is 79.1 Å². The molecule has 0 aliphatic heterocycles. The zero-order valence-electron chi connectivity index (χ0n) is 7.18. The van der Waals surface area contributed by atoms with Gasteiger partial charge in [-0.1, -0.05) is 0 Å². The van der Waals surface area contributed by atoms with Crippen molar-refractivity contribution in [1.82, 2.24) is 0 Å². The number of halogens is 1. The van der Waals surface area contributed by atoms with Gasteiger partial charge in [0.1, 0.15) is 5.82 Å². The van der Waals surface area contributed by atoms with Crippen LogP contribution < -0.4 is 5.73 Å². The summed E-state index contributed by atoms with van der Waals surface area (Å²) in [6.45, 7) is -0.190. The van der Waals surface area contributed by atoms with Crippen LogP contribution in [0.4, 0.5) is 10.1 Å². The molecule has 3 N–H and O–H groups in total. The highest BCUT2D eigenvalue weighted by molar-refractivity contribution is 5.41. The van der Waals surface area contributed by atoms with Crippen LogP contribution in [0.3, 0.4) is 0 Å². The molecule has 0 saturated carbocycles. The lowest BCUT2D eigenvalue weighted by Gasteiger charge is -2.08. The van der Waals surface area contributed by atoms with Crippen LogP contribution in [-0.2, 0) is 0 Å². The molecule has 1 atom stereocenters. The first-order chi connectivity index (χ1) is 6.56. The number of nitro groups is 1. The van der Waals surface area contributed by atoms with Crippen molar-refractivity contribution in [3.63, 3.8) is 0 Å². The van der Waals surface area contributed by atoms with E-state index in [9.17, 15) is 19.6 Å². The molecule has 0 aromatic heterocycles. The van der Waals surface area contributed by atoms with Gasteiger partial charge in [0.15, 0.2) is 0 Å². The topological polar surface area (TPSA) is 89.4 Å². The third-order valence-corrected chi connectivity index (χ3v) is 1.77. The predicted octanol–water partition coefficient (Wildman–Crippen LogP) is 0.726. The largest absolute Gasteiger partial charge is 0.387 e. The summed E-state index contributed by atoms with van der Waals surface area (Å²) < 4.78 is 12.7. The molecule has 0 amide bonds. The second-order valence-corrected chi connectivity index (χ2v) is 2.71. The summed E-state index contributed by atoms with van der Waals surface area (Å²) in [5.41, 5.74) is 4.70. The first-order valence-electron chi connectivity index (χ1n) is 3.88. The van der Waals surface area contributed by atoms with E-state index < -0.39 is 16.8 Å². The smallest absolute Gasteiger partial charge is 0.275 e. The first kappa shape index (κ1) is 10.6. The first-order valence-corrected chi connectivity index (χ1v) is 3.88. The maximum atomic E-state index is 12.7. The highest BCUT2D eigenvalue weighted by atomic mass is 19.1. The van der Waals surface area contributed by atoms with Gasteiger partial charge in [0.25, 0.3) is 5.69 Å². The Balaban J connectivity index is 3.22. The van der Waals surface area contributed by atoms with Crippen LogP contribution >= 0.6 is 0 Å². The molecule has 0 bridgehead atoms. The van der Waals surface area contributed by atoms with E-state index >= 15 is 0 Å². The van der Waals surface area contributed by atoms with Crippen molar-refractivity contribution in [2.45, 2.75) is 6.10 Å². The lowest BCUT2D eigenvalue weighted by molar-refractivity contribution is -0.386. The van der Waals surface area contributed by atoms with Gasteiger partial charge in [0.2, 0.25) is 0 Å². The second-order valence-electron chi connectivity index (χ2n) is 2.71. The zero-order chi connectivity index (χ0) is 10.7. The lowest BCUT2D eigenvalue weighted by Crippen LogP contribution is -2.13. The quantitative estimate of drug-likeness (QED) is 0.555. The number of aliphatic hydroxyl groups is 1. The minimum atomic E-state index is -1.22. The summed E-state index contributed by atoms with van der Waals surface area (Å²) in [5.74, 6) is -0.641. The van der Waals surface area contributed by atoms with Gasteiger partial charge in [-0.05, 0) is 12.1 Å². The highest BCUT2D eigenvalue weighted by Gasteiger charge is 2.19. The van der Waals surface area contributed by atoms with Gasteiger partial charge in [-0.25, -0.2) is 4.39 Å². The average Bonchev–Trinajstić information content (AvgIpc) is 2.16. The number of nitro benzene ring substituents is 1. The summed E-state index contributed by atoms with van der Waals surface area (Å²) in [4.78, 5) is 9.80. The molecule has 0 aliphatic carbocycles. The standard InChI is InChI=1S/C8H9FN2O3/c9-5-1-2-7(11(13)14)6(3-5)8(12)4-10/h1-3,8,12H,4,10H2. The SMILES string of the molecule is NCC(O)c1cc(F)ccc1[N+](=O)[O-]. The van der Waals surface area contributed by atoms with Gasteiger partial charge in [0.05, 0.1) is 16.6 Å². The summed E-state index contributed by atoms with van der Waals surface area (Å²) >= 11 is 0. The molecule has 0 radical (unpaired) electrons. The van der Waals surface area contributed by atoms with E-state index in [0.29, 0.717) is 0 Å². The van der Waals surface area contributed by atoms with Gasteiger partial charge in [-0.15, -0.1) is 0 Å². The molecule has 1 rings (SSSR count). The Bertz CT molecular complexity index is 356. The molecule has 5 nitrogen and oxygen atoms in total. The van der Waals surface area contributed by atoms with Crippen molar-refractivity contribution >= 4 is 5.69 Å². The molecule has 76 valence electrons. The minimum Gasteiger partial charge on any atom is -0.387 e.